The maximum Gasteiger partial charge on any atom is 0.321 e. The van der Waals surface area contributed by atoms with Crippen molar-refractivity contribution in [3.05, 3.63) is 30.4 Å². The van der Waals surface area contributed by atoms with Crippen LogP contribution in [0, 0.1) is 5.82 Å². The number of fused-ring (bicyclic) bond motifs is 2. The first-order chi connectivity index (χ1) is 10.6. The van der Waals surface area contributed by atoms with Gasteiger partial charge in [-0.05, 0) is 0 Å². The fraction of sp³-hybridized carbons (Fsp3) is 0.333. The molecule has 10 heteroatoms. The Morgan fingerprint density at radius 1 is 1.41 bits per heavy atom. The molecule has 0 aliphatic carbocycles. The molecule has 4 rings (SSSR count). The van der Waals surface area contributed by atoms with Gasteiger partial charge in [0.05, 0.1) is 17.6 Å². The molecule has 2 amide bonds. The predicted octanol–water partition coefficient (Wildman–Crippen LogP) is 0.602. The number of hydrogen-bond acceptors (Lipinski definition) is 6. The molecule has 2 aromatic rings. The molecule has 1 unspecified atom stereocenters. The number of aromatic nitrogens is 4. The molecular weight excluding hydrogens is 309 g/mol. The molecular formula is C12H12FN7OS. The summed E-state index contributed by atoms with van der Waals surface area (Å²) in [7, 11) is 0. The summed E-state index contributed by atoms with van der Waals surface area (Å²) in [5.41, 5.74) is 5.27. The average molecular weight is 321 g/mol. The van der Waals surface area contributed by atoms with Crippen LogP contribution in [-0.2, 0) is 13.1 Å². The molecule has 0 aromatic carbocycles. The summed E-state index contributed by atoms with van der Waals surface area (Å²) >= 11 is 1.36. The Hall–Kier alpha value is -2.20. The largest absolute Gasteiger partial charge is 0.351 e. The average Bonchev–Trinajstić information content (AvgIpc) is 3.10. The molecule has 1 atom stereocenters. The third-order valence-corrected chi connectivity index (χ3v) is 5.02. The zero-order chi connectivity index (χ0) is 15.3. The van der Waals surface area contributed by atoms with Gasteiger partial charge in [-0.15, -0.1) is 10.2 Å². The summed E-state index contributed by atoms with van der Waals surface area (Å²) in [5.74, 6) is 0.261. The normalized spacial score (nSPS) is 20.8. The van der Waals surface area contributed by atoms with E-state index < -0.39 is 17.3 Å². The molecule has 0 saturated carbocycles. The van der Waals surface area contributed by atoms with Crippen LogP contribution in [0.15, 0.2) is 23.6 Å². The highest BCUT2D eigenvalue weighted by molar-refractivity contribution is 8.00. The van der Waals surface area contributed by atoms with Gasteiger partial charge in [-0.2, -0.15) is 0 Å². The van der Waals surface area contributed by atoms with Crippen molar-refractivity contribution in [3.63, 3.8) is 0 Å². The first-order valence-corrected chi connectivity index (χ1v) is 7.52. The minimum Gasteiger partial charge on any atom is -0.351 e. The molecule has 2 aromatic heterocycles. The first kappa shape index (κ1) is 13.5. The minimum absolute atomic E-state index is 0.199. The van der Waals surface area contributed by atoms with Crippen molar-refractivity contribution in [1.82, 2.24) is 24.6 Å². The van der Waals surface area contributed by atoms with E-state index in [0.29, 0.717) is 24.5 Å². The summed E-state index contributed by atoms with van der Waals surface area (Å²) in [6.45, 7) is 1.92. The molecule has 0 fully saturated rings. The minimum atomic E-state index is -0.687. The molecule has 2 aliphatic heterocycles. The quantitative estimate of drug-likeness (QED) is 0.827. The number of nitrogens with zero attached hydrogens (tertiary/aromatic N) is 6. The lowest BCUT2D eigenvalue weighted by Crippen LogP contribution is -2.51. The summed E-state index contributed by atoms with van der Waals surface area (Å²) in [6, 6.07) is -0.687. The van der Waals surface area contributed by atoms with E-state index in [-0.39, 0.29) is 5.69 Å². The Bertz CT molecular complexity index is 751. The van der Waals surface area contributed by atoms with Gasteiger partial charge >= 0.3 is 6.03 Å². The second kappa shape index (κ2) is 4.92. The monoisotopic (exact) mass is 321 g/mol. The smallest absolute Gasteiger partial charge is 0.321 e. The Kier molecular flexibility index (Phi) is 3.01. The molecule has 4 heterocycles. The highest BCUT2D eigenvalue weighted by Gasteiger charge is 2.41. The highest BCUT2D eigenvalue weighted by atomic mass is 32.2. The van der Waals surface area contributed by atoms with Gasteiger partial charge in [-0.25, -0.2) is 9.18 Å². The van der Waals surface area contributed by atoms with Crippen LogP contribution in [-0.4, -0.2) is 42.7 Å². The van der Waals surface area contributed by atoms with Crippen molar-refractivity contribution in [2.75, 3.05) is 11.4 Å². The number of carbonyl (C=O) groups is 1. The number of anilines is 1. The number of primary amides is 1. The standard InChI is InChI=1S/C12H12FN7OS/c13-7-3-15-4-8-10(7)20(11(14)21)12(22-8)18-1-2-19-6-16-17-9(19)5-18/h3-4,6,12H,1-2,5H2,(H2,14,21). The number of thioether (sulfide) groups is 1. The van der Waals surface area contributed by atoms with Gasteiger partial charge in [0.2, 0.25) is 0 Å². The number of urea groups is 1. The molecule has 0 saturated heterocycles. The van der Waals surface area contributed by atoms with E-state index >= 15 is 0 Å². The zero-order valence-corrected chi connectivity index (χ0v) is 12.2. The maximum absolute atomic E-state index is 14.1. The van der Waals surface area contributed by atoms with E-state index in [0.717, 1.165) is 12.0 Å². The molecule has 2 N–H and O–H groups in total. The molecule has 2 aliphatic rings. The highest BCUT2D eigenvalue weighted by Crippen LogP contribution is 2.45. The van der Waals surface area contributed by atoms with Crippen LogP contribution in [0.1, 0.15) is 5.82 Å². The van der Waals surface area contributed by atoms with Crippen molar-refractivity contribution in [3.8, 4) is 0 Å². The molecule has 8 nitrogen and oxygen atoms in total. The molecule has 0 spiro atoms. The van der Waals surface area contributed by atoms with E-state index in [4.69, 9.17) is 5.73 Å². The van der Waals surface area contributed by atoms with Crippen LogP contribution in [0.4, 0.5) is 14.9 Å². The maximum atomic E-state index is 14.1. The zero-order valence-electron chi connectivity index (χ0n) is 11.4. The van der Waals surface area contributed by atoms with E-state index in [9.17, 15) is 9.18 Å². The second-order valence-electron chi connectivity index (χ2n) is 5.03. The summed E-state index contributed by atoms with van der Waals surface area (Å²) < 4.78 is 16.0. The first-order valence-electron chi connectivity index (χ1n) is 6.64. The van der Waals surface area contributed by atoms with Gasteiger partial charge in [0.25, 0.3) is 0 Å². The lowest BCUT2D eigenvalue weighted by Gasteiger charge is -2.35. The Balaban J connectivity index is 1.69. The molecule has 0 bridgehead atoms. The second-order valence-corrected chi connectivity index (χ2v) is 6.13. The lowest BCUT2D eigenvalue weighted by atomic mass is 10.3. The number of carbonyl (C=O) groups excluding carboxylic acids is 1. The van der Waals surface area contributed by atoms with E-state index in [1.807, 2.05) is 9.47 Å². The number of halogens is 1. The number of nitrogens with two attached hydrogens (primary N) is 1. The Morgan fingerprint density at radius 3 is 3.09 bits per heavy atom. The van der Waals surface area contributed by atoms with Gasteiger partial charge in [0.1, 0.15) is 23.3 Å². The third kappa shape index (κ3) is 1.95. The van der Waals surface area contributed by atoms with E-state index in [2.05, 4.69) is 15.2 Å². The molecule has 114 valence electrons. The summed E-state index contributed by atoms with van der Waals surface area (Å²) in [6.07, 6.45) is 4.31. The number of amides is 2. The van der Waals surface area contributed by atoms with E-state index in [1.54, 1.807) is 12.5 Å². The molecule has 22 heavy (non-hydrogen) atoms. The van der Waals surface area contributed by atoms with Crippen LogP contribution >= 0.6 is 11.8 Å². The van der Waals surface area contributed by atoms with Crippen LogP contribution in [0.2, 0.25) is 0 Å². The number of rotatable bonds is 1. The van der Waals surface area contributed by atoms with Gasteiger partial charge < -0.3 is 10.3 Å². The Morgan fingerprint density at radius 2 is 2.27 bits per heavy atom. The fourth-order valence-electron chi connectivity index (χ4n) is 2.74. The molecule has 0 radical (unpaired) electrons. The van der Waals surface area contributed by atoms with Crippen LogP contribution < -0.4 is 10.6 Å². The van der Waals surface area contributed by atoms with Crippen molar-refractivity contribution >= 4 is 23.5 Å². The lowest BCUT2D eigenvalue weighted by molar-refractivity contribution is 0.195. The van der Waals surface area contributed by atoms with Crippen molar-refractivity contribution in [2.24, 2.45) is 5.73 Å². The third-order valence-electron chi connectivity index (χ3n) is 3.75. The van der Waals surface area contributed by atoms with Crippen LogP contribution in [0.5, 0.6) is 0 Å². The summed E-state index contributed by atoms with van der Waals surface area (Å²) in [4.78, 5) is 19.6. The van der Waals surface area contributed by atoms with Gasteiger partial charge in [-0.3, -0.25) is 14.8 Å². The topological polar surface area (TPSA) is 93.2 Å². The SMILES string of the molecule is NC(=O)N1c2c(F)cncc2SC1N1CCn2cnnc2C1. The fourth-order valence-corrected chi connectivity index (χ4v) is 4.04. The summed E-state index contributed by atoms with van der Waals surface area (Å²) in [5, 5.41) is 7.93. The van der Waals surface area contributed by atoms with E-state index in [1.165, 1.54) is 16.7 Å². The van der Waals surface area contributed by atoms with Crippen molar-refractivity contribution in [1.29, 1.82) is 0 Å². The van der Waals surface area contributed by atoms with Crippen LogP contribution in [0.3, 0.4) is 0 Å². The number of hydrogen-bond donors (Lipinski definition) is 1. The van der Waals surface area contributed by atoms with Crippen molar-refractivity contribution < 1.29 is 9.18 Å². The predicted molar refractivity (Wildman–Crippen MR) is 76.3 cm³/mol. The Labute approximate surface area is 129 Å². The van der Waals surface area contributed by atoms with Gasteiger partial charge in [-0.1, -0.05) is 11.8 Å². The van der Waals surface area contributed by atoms with Gasteiger partial charge in [0, 0.05) is 19.3 Å². The van der Waals surface area contributed by atoms with Crippen molar-refractivity contribution in [2.45, 2.75) is 23.5 Å². The van der Waals surface area contributed by atoms with Gasteiger partial charge in [0.15, 0.2) is 5.82 Å². The van der Waals surface area contributed by atoms with Crippen LogP contribution in [0.25, 0.3) is 0 Å². The number of pyridine rings is 1.